The highest BCUT2D eigenvalue weighted by molar-refractivity contribution is 5.97. The standard InChI is InChI=1S/C33H34F6N8O2/c1-15-12-47(17(3)19-6-4-8-42-28(19)41)29-22-27(44-31(45-29)48-14-32-7-5-9-46(32)13-18(34)11-32)25(36)26(43-30(22)49-15)20-10-21(40)24(35)16(2)23(20)33(37,38)39/h4,6,8,10,15,17-18H,5,7,9,11-14,40H2,1-3H3,(H2,41,42)/t15?,17-,18-,32+/m1/s1. The van der Waals surface area contributed by atoms with Crippen molar-refractivity contribution in [3.63, 3.8) is 0 Å². The Morgan fingerprint density at radius 3 is 2.65 bits per heavy atom. The molecule has 0 spiro atoms. The first kappa shape index (κ1) is 32.9. The normalized spacial score (nSPS) is 23.0. The van der Waals surface area contributed by atoms with Gasteiger partial charge in [0.25, 0.3) is 0 Å². The van der Waals surface area contributed by atoms with Gasteiger partial charge in [0.05, 0.1) is 29.4 Å². The van der Waals surface area contributed by atoms with Crippen LogP contribution in [0.3, 0.4) is 0 Å². The predicted octanol–water partition coefficient (Wildman–Crippen LogP) is 6.16. The number of anilines is 3. The van der Waals surface area contributed by atoms with Crippen LogP contribution in [0.4, 0.5) is 43.7 Å². The van der Waals surface area contributed by atoms with Crippen LogP contribution in [0.25, 0.3) is 22.2 Å². The van der Waals surface area contributed by atoms with E-state index in [9.17, 15) is 22.0 Å². The van der Waals surface area contributed by atoms with Gasteiger partial charge < -0.3 is 25.8 Å². The van der Waals surface area contributed by atoms with Crippen LogP contribution in [0, 0.1) is 18.6 Å². The van der Waals surface area contributed by atoms with Crippen LogP contribution in [-0.2, 0) is 6.18 Å². The number of hydrogen-bond acceptors (Lipinski definition) is 10. The van der Waals surface area contributed by atoms with Gasteiger partial charge in [-0.2, -0.15) is 23.1 Å². The maximum atomic E-state index is 16.9. The molecule has 6 heterocycles. The van der Waals surface area contributed by atoms with Gasteiger partial charge in [-0.05, 0) is 57.9 Å². The number of halogens is 6. The quantitative estimate of drug-likeness (QED) is 0.180. The zero-order valence-corrected chi connectivity index (χ0v) is 26.9. The molecule has 2 fully saturated rings. The van der Waals surface area contributed by atoms with Gasteiger partial charge in [0, 0.05) is 30.3 Å². The zero-order valence-electron chi connectivity index (χ0n) is 26.9. The van der Waals surface area contributed by atoms with Gasteiger partial charge in [-0.15, -0.1) is 0 Å². The van der Waals surface area contributed by atoms with E-state index in [0.717, 1.165) is 13.3 Å². The van der Waals surface area contributed by atoms with Crippen molar-refractivity contribution in [2.45, 2.75) is 70.1 Å². The van der Waals surface area contributed by atoms with Gasteiger partial charge in [-0.3, -0.25) is 4.90 Å². The van der Waals surface area contributed by atoms with Crippen molar-refractivity contribution < 1.29 is 35.8 Å². The molecule has 4 atom stereocenters. The van der Waals surface area contributed by atoms with E-state index in [4.69, 9.17) is 25.9 Å². The monoisotopic (exact) mass is 688 g/mol. The molecule has 0 amide bonds. The van der Waals surface area contributed by atoms with E-state index in [2.05, 4.69) is 15.0 Å². The Labute approximate surface area is 277 Å². The summed E-state index contributed by atoms with van der Waals surface area (Å²) in [6.45, 7) is 5.61. The number of hydrogen-bond donors (Lipinski definition) is 2. The Hall–Kier alpha value is -4.60. The highest BCUT2D eigenvalue weighted by atomic mass is 19.4. The van der Waals surface area contributed by atoms with Crippen molar-refractivity contribution in [1.29, 1.82) is 0 Å². The molecule has 0 aliphatic carbocycles. The molecule has 4 aromatic rings. The summed E-state index contributed by atoms with van der Waals surface area (Å²) < 4.78 is 102. The minimum Gasteiger partial charge on any atom is -0.472 e. The van der Waals surface area contributed by atoms with Gasteiger partial charge >= 0.3 is 12.2 Å². The van der Waals surface area contributed by atoms with Crippen LogP contribution in [0.15, 0.2) is 24.4 Å². The molecule has 16 heteroatoms. The predicted molar refractivity (Wildman–Crippen MR) is 170 cm³/mol. The fraction of sp³-hybridized carbons (Fsp3) is 0.455. The number of fused-ring (bicyclic) bond motifs is 1. The summed E-state index contributed by atoms with van der Waals surface area (Å²) in [6.07, 6.45) is -3.46. The van der Waals surface area contributed by atoms with Crippen molar-refractivity contribution in [2.24, 2.45) is 0 Å². The number of ether oxygens (including phenoxy) is 2. The first-order chi connectivity index (χ1) is 23.2. The first-order valence-corrected chi connectivity index (χ1v) is 15.9. The summed E-state index contributed by atoms with van der Waals surface area (Å²) >= 11 is 0. The van der Waals surface area contributed by atoms with Gasteiger partial charge in [0.15, 0.2) is 5.82 Å². The molecule has 4 N–H and O–H groups in total. The van der Waals surface area contributed by atoms with Crippen molar-refractivity contribution >= 4 is 28.2 Å². The lowest BCUT2D eigenvalue weighted by atomic mass is 9.95. The van der Waals surface area contributed by atoms with E-state index < -0.39 is 75.3 Å². The van der Waals surface area contributed by atoms with Crippen LogP contribution in [0.2, 0.25) is 0 Å². The van der Waals surface area contributed by atoms with Gasteiger partial charge in [-0.25, -0.2) is 23.1 Å². The molecular weight excluding hydrogens is 654 g/mol. The first-order valence-electron chi connectivity index (χ1n) is 15.9. The second-order valence-corrected chi connectivity index (χ2v) is 13.1. The number of nitrogens with zero attached hydrogens (tertiary/aromatic N) is 6. The number of alkyl halides is 4. The Bertz CT molecular complexity index is 1960. The molecule has 0 bridgehead atoms. The molecule has 3 aliphatic heterocycles. The zero-order chi connectivity index (χ0) is 35.0. The highest BCUT2D eigenvalue weighted by Gasteiger charge is 2.49. The largest absolute Gasteiger partial charge is 0.472 e. The molecule has 10 nitrogen and oxygen atoms in total. The molecular formula is C33H34F6N8O2. The minimum absolute atomic E-state index is 0.00864. The van der Waals surface area contributed by atoms with E-state index >= 15 is 4.39 Å². The molecule has 0 saturated carbocycles. The molecule has 49 heavy (non-hydrogen) atoms. The fourth-order valence-electron chi connectivity index (χ4n) is 7.54. The van der Waals surface area contributed by atoms with Crippen molar-refractivity contribution in [3.05, 3.63) is 52.7 Å². The number of benzene rings is 1. The number of nitrogens with two attached hydrogens (primary N) is 2. The summed E-state index contributed by atoms with van der Waals surface area (Å²) in [7, 11) is 0. The van der Waals surface area contributed by atoms with Crippen LogP contribution in [-0.4, -0.2) is 68.9 Å². The Kier molecular flexibility index (Phi) is 7.91. The SMILES string of the molecule is Cc1c(F)c(N)cc(-c2nc3c4c(nc(OC[C@@]56CCCN5C[C@H](F)C6)nc4c2F)N([C@H](C)c2cccnc2N)CC(C)O3)c1C(F)(F)F. The van der Waals surface area contributed by atoms with E-state index in [1.807, 2.05) is 11.8 Å². The summed E-state index contributed by atoms with van der Waals surface area (Å²) in [4.78, 5) is 21.3. The summed E-state index contributed by atoms with van der Waals surface area (Å²) in [5.41, 5.74) is 7.15. The second-order valence-electron chi connectivity index (χ2n) is 13.1. The Balaban J connectivity index is 1.45. The topological polar surface area (TPSA) is 129 Å². The molecule has 3 aliphatic rings. The molecule has 7 rings (SSSR count). The molecule has 1 unspecified atom stereocenters. The Morgan fingerprint density at radius 1 is 1.14 bits per heavy atom. The fourth-order valence-corrected chi connectivity index (χ4v) is 7.54. The van der Waals surface area contributed by atoms with Gasteiger partial charge in [-0.1, -0.05) is 6.07 Å². The van der Waals surface area contributed by atoms with Crippen molar-refractivity contribution in [3.8, 4) is 23.1 Å². The number of rotatable bonds is 6. The van der Waals surface area contributed by atoms with Crippen molar-refractivity contribution in [2.75, 3.05) is 42.6 Å². The number of pyridine rings is 2. The van der Waals surface area contributed by atoms with E-state index in [1.165, 1.54) is 0 Å². The lowest BCUT2D eigenvalue weighted by molar-refractivity contribution is -0.137. The average Bonchev–Trinajstić information content (AvgIpc) is 3.52. The molecule has 3 aromatic heterocycles. The second kappa shape index (κ2) is 11.8. The van der Waals surface area contributed by atoms with E-state index in [-0.39, 0.29) is 55.0 Å². The van der Waals surface area contributed by atoms with Crippen molar-refractivity contribution in [1.82, 2.24) is 24.8 Å². The smallest absolute Gasteiger partial charge is 0.417 e. The maximum Gasteiger partial charge on any atom is 0.417 e. The van der Waals surface area contributed by atoms with Crippen LogP contribution < -0.4 is 25.8 Å². The third-order valence-electron chi connectivity index (χ3n) is 9.84. The van der Waals surface area contributed by atoms with Crippen LogP contribution in [0.5, 0.6) is 11.9 Å². The van der Waals surface area contributed by atoms with Crippen LogP contribution >= 0.6 is 0 Å². The maximum absolute atomic E-state index is 16.9. The lowest BCUT2D eigenvalue weighted by Gasteiger charge is -2.32. The molecule has 0 radical (unpaired) electrons. The lowest BCUT2D eigenvalue weighted by Crippen LogP contribution is -2.43. The summed E-state index contributed by atoms with van der Waals surface area (Å²) in [5, 5.41) is -0.0158. The minimum atomic E-state index is -5.09. The van der Waals surface area contributed by atoms with Gasteiger partial charge in [0.2, 0.25) is 5.88 Å². The molecule has 260 valence electrons. The van der Waals surface area contributed by atoms with E-state index in [0.29, 0.717) is 24.6 Å². The number of nitrogen functional groups attached to an aromatic ring is 2. The molecule has 1 aromatic carbocycles. The number of aromatic nitrogens is 4. The summed E-state index contributed by atoms with van der Waals surface area (Å²) in [5.74, 6) is -2.38. The Morgan fingerprint density at radius 2 is 1.92 bits per heavy atom. The highest BCUT2D eigenvalue weighted by Crippen LogP contribution is 2.47. The summed E-state index contributed by atoms with van der Waals surface area (Å²) in [6, 6.07) is 3.41. The third kappa shape index (κ3) is 5.49. The average molecular weight is 689 g/mol. The van der Waals surface area contributed by atoms with Crippen LogP contribution in [0.1, 0.15) is 55.8 Å². The van der Waals surface area contributed by atoms with Gasteiger partial charge in [0.1, 0.15) is 52.9 Å². The third-order valence-corrected chi connectivity index (χ3v) is 9.84. The molecule has 2 saturated heterocycles. The van der Waals surface area contributed by atoms with E-state index in [1.54, 1.807) is 30.2 Å².